The van der Waals surface area contributed by atoms with Crippen molar-refractivity contribution in [3.8, 4) is 28.7 Å². The molecule has 0 unspecified atom stereocenters. The number of ether oxygens (including phenoxy) is 5. The molecule has 0 amide bonds. The molecular formula is C25H36ClNO5. The van der Waals surface area contributed by atoms with E-state index in [1.165, 1.54) is 16.7 Å². The molecule has 0 heterocycles. The average Bonchev–Trinajstić information content (AvgIpc) is 3.19. The minimum atomic E-state index is 0. The van der Waals surface area contributed by atoms with Gasteiger partial charge in [0.15, 0.2) is 11.5 Å². The standard InChI is InChI=1S/C25H35NO5.ClH/c1-26(2)16-17-9-11-19(12-10-17)31-13-7-8-18-14-20-21(15-18)23(28-4)25(30-6)24(29-5)22(20)27-3;/h9-12,18H,7-8,13-16H2,1-6H3;1H. The van der Waals surface area contributed by atoms with E-state index in [0.29, 0.717) is 24.0 Å². The fourth-order valence-electron chi connectivity index (χ4n) is 4.46. The maximum atomic E-state index is 5.96. The summed E-state index contributed by atoms with van der Waals surface area (Å²) >= 11 is 0. The monoisotopic (exact) mass is 465 g/mol. The third-order valence-corrected chi connectivity index (χ3v) is 5.78. The van der Waals surface area contributed by atoms with Gasteiger partial charge in [0.1, 0.15) is 5.75 Å². The lowest BCUT2D eigenvalue weighted by Crippen LogP contribution is -2.10. The lowest BCUT2D eigenvalue weighted by Gasteiger charge is -2.19. The van der Waals surface area contributed by atoms with Gasteiger partial charge in [0.2, 0.25) is 11.5 Å². The number of benzene rings is 2. The molecule has 0 N–H and O–H groups in total. The topological polar surface area (TPSA) is 49.4 Å². The van der Waals surface area contributed by atoms with Crippen molar-refractivity contribution in [1.29, 1.82) is 0 Å². The number of rotatable bonds is 11. The smallest absolute Gasteiger partial charge is 0.207 e. The molecule has 2 aromatic carbocycles. The first-order valence-electron chi connectivity index (χ1n) is 10.8. The van der Waals surface area contributed by atoms with Crippen LogP contribution in [0, 0.1) is 5.92 Å². The molecule has 0 saturated heterocycles. The quantitative estimate of drug-likeness (QED) is 0.445. The Morgan fingerprint density at radius 2 is 1.28 bits per heavy atom. The summed E-state index contributed by atoms with van der Waals surface area (Å²) in [5, 5.41) is 0. The molecule has 2 aromatic rings. The van der Waals surface area contributed by atoms with E-state index in [9.17, 15) is 0 Å². The fourth-order valence-corrected chi connectivity index (χ4v) is 4.46. The zero-order chi connectivity index (χ0) is 22.4. The molecule has 1 aliphatic carbocycles. The van der Waals surface area contributed by atoms with Gasteiger partial charge in [0.25, 0.3) is 0 Å². The Balaban J connectivity index is 0.00000363. The third kappa shape index (κ3) is 5.73. The van der Waals surface area contributed by atoms with Crippen molar-refractivity contribution in [3.63, 3.8) is 0 Å². The van der Waals surface area contributed by atoms with Crippen LogP contribution in [0.3, 0.4) is 0 Å². The minimum absolute atomic E-state index is 0. The highest BCUT2D eigenvalue weighted by atomic mass is 35.5. The summed E-state index contributed by atoms with van der Waals surface area (Å²) in [5.74, 6) is 4.15. The van der Waals surface area contributed by atoms with Crippen LogP contribution in [0.2, 0.25) is 0 Å². The van der Waals surface area contributed by atoms with Crippen molar-refractivity contribution < 1.29 is 23.7 Å². The van der Waals surface area contributed by atoms with E-state index in [-0.39, 0.29) is 12.4 Å². The summed E-state index contributed by atoms with van der Waals surface area (Å²) in [6.07, 6.45) is 3.95. The van der Waals surface area contributed by atoms with Crippen LogP contribution in [0.1, 0.15) is 29.5 Å². The van der Waals surface area contributed by atoms with Crippen LogP contribution in [0.4, 0.5) is 0 Å². The van der Waals surface area contributed by atoms with Crippen LogP contribution in [-0.2, 0) is 19.4 Å². The zero-order valence-corrected chi connectivity index (χ0v) is 20.8. The first-order chi connectivity index (χ1) is 15.0. The Labute approximate surface area is 198 Å². The number of hydrogen-bond donors (Lipinski definition) is 0. The number of halogens is 1. The highest BCUT2D eigenvalue weighted by Gasteiger charge is 2.33. The van der Waals surface area contributed by atoms with Crippen molar-refractivity contribution in [2.24, 2.45) is 5.92 Å². The summed E-state index contributed by atoms with van der Waals surface area (Å²) in [6, 6.07) is 8.36. The number of nitrogens with zero attached hydrogens (tertiary/aromatic N) is 1. The Bertz CT molecular complexity index is 829. The van der Waals surface area contributed by atoms with Gasteiger partial charge < -0.3 is 28.6 Å². The zero-order valence-electron chi connectivity index (χ0n) is 20.0. The van der Waals surface area contributed by atoms with E-state index in [1.807, 2.05) is 0 Å². The van der Waals surface area contributed by atoms with Gasteiger partial charge in [0.05, 0.1) is 35.0 Å². The molecule has 32 heavy (non-hydrogen) atoms. The van der Waals surface area contributed by atoms with Crippen LogP contribution < -0.4 is 23.7 Å². The Kier molecular flexibility index (Phi) is 9.79. The summed E-state index contributed by atoms with van der Waals surface area (Å²) in [6.45, 7) is 1.64. The van der Waals surface area contributed by atoms with Crippen molar-refractivity contribution in [2.45, 2.75) is 32.2 Å². The second kappa shape index (κ2) is 12.1. The lowest BCUT2D eigenvalue weighted by molar-refractivity contribution is 0.292. The van der Waals surface area contributed by atoms with E-state index >= 15 is 0 Å². The van der Waals surface area contributed by atoms with Crippen LogP contribution >= 0.6 is 12.4 Å². The SMILES string of the molecule is COc1c2c(c(OC)c(OC)c1OC)CC(CCCOc1ccc(CN(C)C)cc1)C2.Cl. The molecule has 0 atom stereocenters. The van der Waals surface area contributed by atoms with E-state index < -0.39 is 0 Å². The second-order valence-corrected chi connectivity index (χ2v) is 8.24. The van der Waals surface area contributed by atoms with Crippen molar-refractivity contribution in [3.05, 3.63) is 41.0 Å². The molecule has 178 valence electrons. The van der Waals surface area contributed by atoms with Crippen LogP contribution in [0.15, 0.2) is 24.3 Å². The van der Waals surface area contributed by atoms with Gasteiger partial charge in [-0.15, -0.1) is 12.4 Å². The van der Waals surface area contributed by atoms with Gasteiger partial charge in [-0.3, -0.25) is 0 Å². The van der Waals surface area contributed by atoms with Crippen LogP contribution in [0.25, 0.3) is 0 Å². The second-order valence-electron chi connectivity index (χ2n) is 8.24. The molecule has 0 aromatic heterocycles. The van der Waals surface area contributed by atoms with Gasteiger partial charge in [-0.1, -0.05) is 12.1 Å². The summed E-state index contributed by atoms with van der Waals surface area (Å²) in [7, 11) is 10.8. The van der Waals surface area contributed by atoms with Crippen LogP contribution in [0.5, 0.6) is 28.7 Å². The lowest BCUT2D eigenvalue weighted by atomic mass is 10.0. The molecule has 0 saturated carbocycles. The molecule has 0 bridgehead atoms. The minimum Gasteiger partial charge on any atom is -0.494 e. The van der Waals surface area contributed by atoms with Gasteiger partial charge in [0, 0.05) is 17.7 Å². The molecule has 0 aliphatic heterocycles. The van der Waals surface area contributed by atoms with Gasteiger partial charge in [-0.2, -0.15) is 0 Å². The summed E-state index contributed by atoms with van der Waals surface area (Å²) in [5.41, 5.74) is 3.62. The van der Waals surface area contributed by atoms with E-state index in [2.05, 4.69) is 43.3 Å². The van der Waals surface area contributed by atoms with E-state index in [1.54, 1.807) is 28.4 Å². The molecule has 1 aliphatic rings. The normalized spacial score (nSPS) is 12.8. The molecule has 0 radical (unpaired) electrons. The van der Waals surface area contributed by atoms with E-state index in [4.69, 9.17) is 23.7 Å². The molecule has 3 rings (SSSR count). The van der Waals surface area contributed by atoms with Crippen LogP contribution in [-0.4, -0.2) is 54.0 Å². The highest BCUT2D eigenvalue weighted by Crippen LogP contribution is 2.53. The number of hydrogen-bond acceptors (Lipinski definition) is 6. The third-order valence-electron chi connectivity index (χ3n) is 5.78. The highest BCUT2D eigenvalue weighted by molar-refractivity contribution is 5.85. The Morgan fingerprint density at radius 1 is 0.781 bits per heavy atom. The van der Waals surface area contributed by atoms with Gasteiger partial charge in [-0.25, -0.2) is 0 Å². The maximum absolute atomic E-state index is 5.96. The fraction of sp³-hybridized carbons (Fsp3) is 0.520. The summed E-state index contributed by atoms with van der Waals surface area (Å²) < 4.78 is 28.5. The van der Waals surface area contributed by atoms with Crippen molar-refractivity contribution in [1.82, 2.24) is 4.90 Å². The van der Waals surface area contributed by atoms with Crippen molar-refractivity contribution in [2.75, 3.05) is 49.1 Å². The number of methoxy groups -OCH3 is 4. The largest absolute Gasteiger partial charge is 0.494 e. The van der Waals surface area contributed by atoms with Gasteiger partial charge >= 0.3 is 0 Å². The molecule has 0 fully saturated rings. The first kappa shape index (κ1) is 25.9. The predicted octanol–water partition coefficient (Wildman–Crippen LogP) is 4.78. The van der Waals surface area contributed by atoms with E-state index in [0.717, 1.165) is 49.5 Å². The Hall–Kier alpha value is -2.31. The maximum Gasteiger partial charge on any atom is 0.207 e. The summed E-state index contributed by atoms with van der Waals surface area (Å²) in [4.78, 5) is 2.16. The molecule has 0 spiro atoms. The Morgan fingerprint density at radius 3 is 1.72 bits per heavy atom. The number of fused-ring (bicyclic) bond motifs is 1. The first-order valence-corrected chi connectivity index (χ1v) is 10.8. The average molecular weight is 466 g/mol. The predicted molar refractivity (Wildman–Crippen MR) is 129 cm³/mol. The van der Waals surface area contributed by atoms with Gasteiger partial charge in [-0.05, 0) is 63.4 Å². The molecular weight excluding hydrogens is 430 g/mol. The molecule has 7 heteroatoms. The van der Waals surface area contributed by atoms with Crippen molar-refractivity contribution >= 4 is 12.4 Å². The molecule has 6 nitrogen and oxygen atoms in total.